The summed E-state index contributed by atoms with van der Waals surface area (Å²) < 4.78 is 0. The Hall–Kier alpha value is -0.980. The van der Waals surface area contributed by atoms with Crippen LogP contribution in [0.5, 0.6) is 0 Å². The molecular formula is C17H24N2S. The Morgan fingerprint density at radius 1 is 1.35 bits per heavy atom. The van der Waals surface area contributed by atoms with Crippen molar-refractivity contribution < 1.29 is 0 Å². The van der Waals surface area contributed by atoms with E-state index < -0.39 is 0 Å². The van der Waals surface area contributed by atoms with Gasteiger partial charge in [0, 0.05) is 16.7 Å². The van der Waals surface area contributed by atoms with Crippen LogP contribution in [0, 0.1) is 31.1 Å². The number of benzene rings is 1. The van der Waals surface area contributed by atoms with Gasteiger partial charge in [0.05, 0.1) is 6.07 Å². The number of nitriles is 1. The monoisotopic (exact) mass is 288 g/mol. The molecule has 0 bridgehead atoms. The first-order valence-electron chi connectivity index (χ1n) is 7.36. The van der Waals surface area contributed by atoms with E-state index in [2.05, 4.69) is 57.3 Å². The highest BCUT2D eigenvalue weighted by molar-refractivity contribution is 7.99. The Morgan fingerprint density at radius 3 is 2.55 bits per heavy atom. The third-order valence-corrected chi connectivity index (χ3v) is 5.15. The molecule has 0 amide bonds. The van der Waals surface area contributed by atoms with Crippen molar-refractivity contribution in [1.29, 1.82) is 5.26 Å². The minimum absolute atomic E-state index is 0.343. The van der Waals surface area contributed by atoms with Crippen LogP contribution in [-0.4, -0.2) is 17.3 Å². The Bertz CT molecular complexity index is 514. The van der Waals surface area contributed by atoms with Crippen molar-refractivity contribution in [1.82, 2.24) is 5.32 Å². The molecule has 1 N–H and O–H groups in total. The summed E-state index contributed by atoms with van der Waals surface area (Å²) in [6.07, 6.45) is 2.36. The zero-order valence-corrected chi connectivity index (χ0v) is 13.7. The molecule has 1 unspecified atom stereocenters. The van der Waals surface area contributed by atoms with Crippen LogP contribution in [0.1, 0.15) is 37.8 Å². The number of nitrogens with one attached hydrogen (secondary N) is 1. The molecule has 0 spiro atoms. The first kappa shape index (κ1) is 15.4. The van der Waals surface area contributed by atoms with E-state index in [1.165, 1.54) is 28.9 Å². The van der Waals surface area contributed by atoms with Gasteiger partial charge in [0.1, 0.15) is 5.54 Å². The lowest BCUT2D eigenvalue weighted by molar-refractivity contribution is 0.370. The van der Waals surface area contributed by atoms with Crippen molar-refractivity contribution >= 4 is 11.8 Å². The lowest BCUT2D eigenvalue weighted by Crippen LogP contribution is -2.51. The van der Waals surface area contributed by atoms with Gasteiger partial charge in [-0.2, -0.15) is 5.26 Å². The predicted octanol–water partition coefficient (Wildman–Crippen LogP) is 4.07. The van der Waals surface area contributed by atoms with E-state index in [0.29, 0.717) is 12.0 Å². The molecule has 1 aromatic carbocycles. The van der Waals surface area contributed by atoms with Crippen molar-refractivity contribution in [3.8, 4) is 6.07 Å². The standard InChI is InChI=1S/C17H24N2S/c1-12(2)19-17(10-18,15-6-7-15)11-20-16-8-5-13(3)14(4)9-16/h5,8-9,12,15,19H,6-7,11H2,1-4H3. The Labute approximate surface area is 127 Å². The quantitative estimate of drug-likeness (QED) is 0.802. The molecule has 0 radical (unpaired) electrons. The summed E-state index contributed by atoms with van der Waals surface area (Å²) in [5.41, 5.74) is 2.28. The fraction of sp³-hybridized carbons (Fsp3) is 0.588. The van der Waals surface area contributed by atoms with Gasteiger partial charge in [-0.1, -0.05) is 6.07 Å². The summed E-state index contributed by atoms with van der Waals surface area (Å²) in [7, 11) is 0. The van der Waals surface area contributed by atoms with Crippen LogP contribution in [0.2, 0.25) is 0 Å². The highest BCUT2D eigenvalue weighted by Crippen LogP contribution is 2.42. The van der Waals surface area contributed by atoms with Gasteiger partial charge >= 0.3 is 0 Å². The largest absolute Gasteiger partial charge is 0.296 e. The molecule has 1 fully saturated rings. The van der Waals surface area contributed by atoms with Gasteiger partial charge in [0.2, 0.25) is 0 Å². The van der Waals surface area contributed by atoms with Gasteiger partial charge in [-0.25, -0.2) is 0 Å². The van der Waals surface area contributed by atoms with Gasteiger partial charge < -0.3 is 0 Å². The molecule has 1 saturated carbocycles. The maximum atomic E-state index is 9.69. The van der Waals surface area contributed by atoms with Crippen LogP contribution in [0.3, 0.4) is 0 Å². The average molecular weight is 288 g/mol. The Morgan fingerprint density at radius 2 is 2.05 bits per heavy atom. The maximum absolute atomic E-state index is 9.69. The molecule has 0 heterocycles. The molecular weight excluding hydrogens is 264 g/mol. The highest BCUT2D eigenvalue weighted by atomic mass is 32.2. The molecule has 1 atom stereocenters. The maximum Gasteiger partial charge on any atom is 0.119 e. The molecule has 20 heavy (non-hydrogen) atoms. The zero-order chi connectivity index (χ0) is 14.8. The summed E-state index contributed by atoms with van der Waals surface area (Å²) >= 11 is 1.80. The van der Waals surface area contributed by atoms with E-state index in [0.717, 1.165) is 5.75 Å². The number of hydrogen-bond donors (Lipinski definition) is 1. The van der Waals surface area contributed by atoms with Crippen LogP contribution in [0.25, 0.3) is 0 Å². The summed E-state index contributed by atoms with van der Waals surface area (Å²) in [5.74, 6) is 1.35. The van der Waals surface area contributed by atoms with E-state index >= 15 is 0 Å². The van der Waals surface area contributed by atoms with E-state index in [4.69, 9.17) is 0 Å². The van der Waals surface area contributed by atoms with Gasteiger partial charge in [-0.15, -0.1) is 11.8 Å². The van der Waals surface area contributed by atoms with Crippen molar-refractivity contribution in [2.45, 2.75) is 57.0 Å². The third-order valence-electron chi connectivity index (χ3n) is 3.96. The fourth-order valence-electron chi connectivity index (χ4n) is 2.53. The number of hydrogen-bond acceptors (Lipinski definition) is 3. The average Bonchev–Trinajstić information content (AvgIpc) is 3.23. The molecule has 108 valence electrons. The van der Waals surface area contributed by atoms with E-state index in [-0.39, 0.29) is 5.54 Å². The SMILES string of the molecule is Cc1ccc(SCC(C#N)(NC(C)C)C2CC2)cc1C. The molecule has 1 aromatic rings. The van der Waals surface area contributed by atoms with E-state index in [1.54, 1.807) is 11.8 Å². The second-order valence-corrected chi connectivity index (χ2v) is 7.24. The predicted molar refractivity (Wildman–Crippen MR) is 86.0 cm³/mol. The molecule has 1 aliphatic carbocycles. The van der Waals surface area contributed by atoms with Crippen molar-refractivity contribution in [3.05, 3.63) is 29.3 Å². The first-order chi connectivity index (χ1) is 9.47. The topological polar surface area (TPSA) is 35.8 Å². The van der Waals surface area contributed by atoms with Crippen LogP contribution < -0.4 is 5.32 Å². The fourth-order valence-corrected chi connectivity index (χ4v) is 3.73. The van der Waals surface area contributed by atoms with Crippen molar-refractivity contribution in [3.63, 3.8) is 0 Å². The number of nitrogens with zero attached hydrogens (tertiary/aromatic N) is 1. The molecule has 2 rings (SSSR count). The molecule has 0 aliphatic heterocycles. The van der Waals surface area contributed by atoms with Gasteiger partial charge in [0.15, 0.2) is 0 Å². The van der Waals surface area contributed by atoms with E-state index in [1.807, 2.05) is 0 Å². The minimum Gasteiger partial charge on any atom is -0.296 e. The summed E-state index contributed by atoms with van der Waals surface area (Å²) in [5, 5.41) is 13.2. The molecule has 0 aromatic heterocycles. The Kier molecular flexibility index (Phi) is 4.78. The summed E-state index contributed by atoms with van der Waals surface area (Å²) in [6.45, 7) is 8.52. The molecule has 2 nitrogen and oxygen atoms in total. The normalized spacial score (nSPS) is 17.8. The lowest BCUT2D eigenvalue weighted by Gasteiger charge is -2.30. The van der Waals surface area contributed by atoms with Crippen molar-refractivity contribution in [2.75, 3.05) is 5.75 Å². The molecule has 0 saturated heterocycles. The first-order valence-corrected chi connectivity index (χ1v) is 8.34. The summed E-state index contributed by atoms with van der Waals surface area (Å²) in [4.78, 5) is 1.26. The smallest absolute Gasteiger partial charge is 0.119 e. The number of rotatable bonds is 6. The zero-order valence-electron chi connectivity index (χ0n) is 12.9. The van der Waals surface area contributed by atoms with Gasteiger partial charge in [-0.3, -0.25) is 5.32 Å². The van der Waals surface area contributed by atoms with Crippen LogP contribution in [0.15, 0.2) is 23.1 Å². The lowest BCUT2D eigenvalue weighted by atomic mass is 9.96. The third kappa shape index (κ3) is 3.56. The molecule has 3 heteroatoms. The van der Waals surface area contributed by atoms with Gasteiger partial charge in [0.25, 0.3) is 0 Å². The molecule has 1 aliphatic rings. The highest BCUT2D eigenvalue weighted by Gasteiger charge is 2.45. The van der Waals surface area contributed by atoms with Crippen molar-refractivity contribution in [2.24, 2.45) is 5.92 Å². The van der Waals surface area contributed by atoms with E-state index in [9.17, 15) is 5.26 Å². The second kappa shape index (κ2) is 6.20. The van der Waals surface area contributed by atoms with Crippen LogP contribution in [-0.2, 0) is 0 Å². The van der Waals surface area contributed by atoms with Gasteiger partial charge in [-0.05, 0) is 69.7 Å². The number of aryl methyl sites for hydroxylation is 2. The number of thioether (sulfide) groups is 1. The minimum atomic E-state index is -0.363. The van der Waals surface area contributed by atoms with Crippen LogP contribution in [0.4, 0.5) is 0 Å². The second-order valence-electron chi connectivity index (χ2n) is 6.19. The summed E-state index contributed by atoms with van der Waals surface area (Å²) in [6, 6.07) is 9.47. The van der Waals surface area contributed by atoms with Crippen LogP contribution >= 0.6 is 11.8 Å². The Balaban J connectivity index is 2.08.